The van der Waals surface area contributed by atoms with E-state index in [2.05, 4.69) is 0 Å². The molecule has 0 saturated carbocycles. The van der Waals surface area contributed by atoms with Crippen molar-refractivity contribution < 1.29 is 71.9 Å². The molecule has 2 saturated heterocycles. The van der Waals surface area contributed by atoms with Crippen molar-refractivity contribution in [1.29, 1.82) is 0 Å². The second-order valence-electron chi connectivity index (χ2n) is 20.3. The second-order valence-corrected chi connectivity index (χ2v) is 20.3. The van der Waals surface area contributed by atoms with Gasteiger partial charge in [-0.15, -0.1) is 0 Å². The van der Waals surface area contributed by atoms with E-state index in [0.29, 0.717) is 67.1 Å². The summed E-state index contributed by atoms with van der Waals surface area (Å²) in [5, 5.41) is 19.5. The van der Waals surface area contributed by atoms with Crippen LogP contribution in [0.1, 0.15) is 121 Å². The number of rotatable bonds is 18. The van der Waals surface area contributed by atoms with Crippen molar-refractivity contribution in [2.45, 2.75) is 155 Å². The van der Waals surface area contributed by atoms with E-state index in [4.69, 9.17) is 52.1 Å². The molecule has 0 aromatic heterocycles. The van der Waals surface area contributed by atoms with E-state index in [-0.39, 0.29) is 42.1 Å². The van der Waals surface area contributed by atoms with Crippen LogP contribution in [0, 0.1) is 13.8 Å². The number of aromatic carboxylic acids is 1. The van der Waals surface area contributed by atoms with Gasteiger partial charge in [-0.05, 0) is 157 Å². The smallest absolute Gasteiger partial charge is 0.339 e. The Hall–Kier alpha value is -6.30. The summed E-state index contributed by atoms with van der Waals surface area (Å²) in [6, 6.07) is 22.6. The fraction of sp³-hybridized carbons (Fsp3) is 0.452. The van der Waals surface area contributed by atoms with Gasteiger partial charge in [0.2, 0.25) is 0 Å². The number of carbonyl (C=O) groups is 2. The maximum atomic E-state index is 13.1. The van der Waals surface area contributed by atoms with Gasteiger partial charge in [0.15, 0.2) is 11.6 Å². The number of carbonyl (C=O) groups excluding carboxylic acids is 1. The first-order valence-corrected chi connectivity index (χ1v) is 26.1. The first-order chi connectivity index (χ1) is 36.7. The van der Waals surface area contributed by atoms with Gasteiger partial charge in [0.05, 0.1) is 71.1 Å². The SMILES string of the molecule is COc1ccc(COC(/C=C\C[C@H](C)O)[C@H]2OC(C)(C)O[C@H]2C/C=C/c2cc(OC)cc(C)c2C(=O)O)cc1.COc1ccc(COC2/C=C\C[C@H](C)OC(=O)c3c(C)cc(OC)cc3/C=C/C[C@@H]3OC(C)(C)O[C@H]23)cc1. The summed E-state index contributed by atoms with van der Waals surface area (Å²) in [5.74, 6) is -0.0946. The summed E-state index contributed by atoms with van der Waals surface area (Å²) in [7, 11) is 6.44. The van der Waals surface area contributed by atoms with Crippen LogP contribution in [0.5, 0.6) is 23.0 Å². The monoisotopic (exact) mass is 1060 g/mol. The summed E-state index contributed by atoms with van der Waals surface area (Å²) >= 11 is 0. The molecule has 4 aromatic rings. The number of carboxylic acid groups (broad SMARTS) is 1. The number of hydrogen-bond acceptors (Lipinski definition) is 14. The van der Waals surface area contributed by atoms with Crippen molar-refractivity contribution in [2.75, 3.05) is 28.4 Å². The number of benzene rings is 4. The number of cyclic esters (lactones) is 1. The summed E-state index contributed by atoms with van der Waals surface area (Å²) in [5.41, 5.74) is 5.49. The highest BCUT2D eigenvalue weighted by molar-refractivity contribution is 5.96. The van der Waals surface area contributed by atoms with Crippen molar-refractivity contribution in [3.8, 4) is 23.0 Å². The molecular formula is C62H78O15. The molecule has 0 spiro atoms. The van der Waals surface area contributed by atoms with Gasteiger partial charge < -0.3 is 62.3 Å². The molecule has 416 valence electrons. The Labute approximate surface area is 454 Å². The zero-order valence-corrected chi connectivity index (χ0v) is 46.6. The zero-order chi connectivity index (χ0) is 55.9. The molecular weight excluding hydrogens is 985 g/mol. The van der Waals surface area contributed by atoms with Gasteiger partial charge in [-0.3, -0.25) is 0 Å². The van der Waals surface area contributed by atoms with Crippen LogP contribution >= 0.6 is 0 Å². The first kappa shape index (κ1) is 59.9. The van der Waals surface area contributed by atoms with Crippen LogP contribution < -0.4 is 18.9 Å². The fourth-order valence-electron chi connectivity index (χ4n) is 9.39. The van der Waals surface area contributed by atoms with E-state index in [1.54, 1.807) is 60.5 Å². The molecule has 0 bridgehead atoms. The summed E-state index contributed by atoms with van der Waals surface area (Å²) in [6.07, 6.45) is 14.5. The van der Waals surface area contributed by atoms with Crippen LogP contribution in [0.4, 0.5) is 0 Å². The van der Waals surface area contributed by atoms with Crippen LogP contribution in [-0.2, 0) is 46.4 Å². The molecule has 3 aliphatic heterocycles. The largest absolute Gasteiger partial charge is 0.497 e. The molecule has 7 rings (SSSR count). The van der Waals surface area contributed by atoms with Crippen LogP contribution in [0.15, 0.2) is 109 Å². The second kappa shape index (κ2) is 27.8. The van der Waals surface area contributed by atoms with Gasteiger partial charge in [-0.2, -0.15) is 0 Å². The van der Waals surface area contributed by atoms with E-state index in [0.717, 1.165) is 33.8 Å². The summed E-state index contributed by atoms with van der Waals surface area (Å²) < 4.78 is 65.0. The predicted octanol–water partition coefficient (Wildman–Crippen LogP) is 11.6. The Kier molecular flexibility index (Phi) is 21.7. The van der Waals surface area contributed by atoms with Gasteiger partial charge in [0, 0.05) is 6.42 Å². The van der Waals surface area contributed by atoms with E-state index < -0.39 is 35.9 Å². The molecule has 0 aliphatic carbocycles. The van der Waals surface area contributed by atoms with Gasteiger partial charge >= 0.3 is 11.9 Å². The molecule has 15 heteroatoms. The Morgan fingerprint density at radius 1 is 0.753 bits per heavy atom. The lowest BCUT2D eigenvalue weighted by atomic mass is 9.98. The van der Waals surface area contributed by atoms with E-state index in [9.17, 15) is 19.8 Å². The van der Waals surface area contributed by atoms with Crippen LogP contribution in [0.3, 0.4) is 0 Å². The minimum Gasteiger partial charge on any atom is -0.497 e. The predicted molar refractivity (Wildman–Crippen MR) is 295 cm³/mol. The first-order valence-electron chi connectivity index (χ1n) is 26.1. The zero-order valence-electron chi connectivity index (χ0n) is 46.6. The van der Waals surface area contributed by atoms with Crippen LogP contribution in [0.25, 0.3) is 12.2 Å². The topological polar surface area (TPSA) is 176 Å². The van der Waals surface area contributed by atoms with Crippen LogP contribution in [-0.4, -0.2) is 111 Å². The van der Waals surface area contributed by atoms with Crippen molar-refractivity contribution in [1.82, 2.24) is 0 Å². The Morgan fingerprint density at radius 3 is 1.99 bits per heavy atom. The van der Waals surface area contributed by atoms with Gasteiger partial charge in [0.25, 0.3) is 0 Å². The van der Waals surface area contributed by atoms with Crippen LogP contribution in [0.2, 0.25) is 0 Å². The summed E-state index contributed by atoms with van der Waals surface area (Å²) in [4.78, 5) is 25.0. The number of esters is 1. The number of ether oxygens (including phenoxy) is 11. The Balaban J connectivity index is 0.000000250. The number of carboxylic acids is 1. The number of fused-ring (bicyclic) bond motifs is 2. The average Bonchev–Trinajstić information content (AvgIpc) is 3.88. The number of aliphatic hydroxyl groups is 1. The lowest BCUT2D eigenvalue weighted by Gasteiger charge is -2.25. The van der Waals surface area contributed by atoms with Gasteiger partial charge in [0.1, 0.15) is 53.5 Å². The van der Waals surface area contributed by atoms with Gasteiger partial charge in [-0.1, -0.05) is 72.9 Å². The Morgan fingerprint density at radius 2 is 1.36 bits per heavy atom. The minimum absolute atomic E-state index is 0.231. The Bertz CT molecular complexity index is 2680. The third kappa shape index (κ3) is 17.3. The number of hydrogen-bond donors (Lipinski definition) is 2. The molecule has 15 nitrogen and oxygen atoms in total. The molecule has 3 heterocycles. The molecule has 2 fully saturated rings. The molecule has 3 aliphatic rings. The standard InChI is InChI=1S/C31H40O8.C31H38O7/c1-20-17-25(36-6)18-23(28(20)30(33)34)10-8-12-27-29(39-31(3,4)38-27)26(11-7-9-21(2)32)37-19-22-13-15-24(35-5)16-14-22;1-20-17-25(34-6)18-23-10-8-12-27-29(38-31(3,4)37-27)26(11-7-9-21(2)36-30(32)28(20)23)35-19-22-13-15-24(33-5)16-14-22/h7-8,10-11,13-18,21,26-27,29,32H,9,12,19H2,1-6H3,(H,33,34);7-8,10-11,13-18,21,26-27,29H,9,12,19H2,1-6H3/b2*10-8+,11-7-/t2*21-,26?,27-,29+/m00/s1. The molecule has 0 amide bonds. The van der Waals surface area contributed by atoms with Crippen molar-refractivity contribution in [2.24, 2.45) is 0 Å². The minimum atomic E-state index is -0.996. The maximum Gasteiger partial charge on any atom is 0.339 e. The third-order valence-electron chi connectivity index (χ3n) is 13.1. The number of aliphatic hydroxyl groups excluding tert-OH is 1. The molecule has 8 atom stereocenters. The van der Waals surface area contributed by atoms with E-state index in [1.807, 2.05) is 145 Å². The maximum absolute atomic E-state index is 13.1. The van der Waals surface area contributed by atoms with Gasteiger partial charge in [-0.25, -0.2) is 9.59 Å². The quantitative estimate of drug-likeness (QED) is 0.0710. The lowest BCUT2D eigenvalue weighted by molar-refractivity contribution is -0.156. The highest BCUT2D eigenvalue weighted by Crippen LogP contribution is 2.37. The molecule has 2 N–H and O–H groups in total. The molecule has 77 heavy (non-hydrogen) atoms. The van der Waals surface area contributed by atoms with Crippen molar-refractivity contribution >= 4 is 24.1 Å². The van der Waals surface area contributed by atoms with Crippen molar-refractivity contribution in [3.05, 3.63) is 154 Å². The fourth-order valence-corrected chi connectivity index (χ4v) is 9.39. The lowest BCUT2D eigenvalue weighted by Crippen LogP contribution is -2.36. The average molecular weight is 1060 g/mol. The number of aryl methyl sites for hydroxylation is 2. The molecule has 0 radical (unpaired) electrons. The summed E-state index contributed by atoms with van der Waals surface area (Å²) in [6.45, 7) is 15.6. The van der Waals surface area contributed by atoms with Crippen molar-refractivity contribution in [3.63, 3.8) is 0 Å². The molecule has 4 aromatic carbocycles. The van der Waals surface area contributed by atoms with E-state index in [1.165, 1.54) is 0 Å². The highest BCUT2D eigenvalue weighted by Gasteiger charge is 2.46. The highest BCUT2D eigenvalue weighted by atomic mass is 16.8. The van der Waals surface area contributed by atoms with E-state index >= 15 is 0 Å². The number of methoxy groups -OCH3 is 4. The normalized spacial score (nSPS) is 23.6. The molecule has 2 unspecified atom stereocenters. The third-order valence-corrected chi connectivity index (χ3v) is 13.1.